The lowest BCUT2D eigenvalue weighted by Crippen LogP contribution is -2.41. The SMILES string of the molecule is CCCCCCCCCC(=O)N(CCN(C)C)C(C)c1nc2cccc(F)c2c(=O)n1-c1ccc(F)cc1. The summed E-state index contributed by atoms with van der Waals surface area (Å²) in [5.41, 5.74) is -0.000985. The molecule has 0 aliphatic carbocycles. The maximum absolute atomic E-state index is 14.7. The van der Waals surface area contributed by atoms with E-state index >= 15 is 0 Å². The number of halogens is 2. The summed E-state index contributed by atoms with van der Waals surface area (Å²) in [6.07, 6.45) is 8.19. The van der Waals surface area contributed by atoms with Gasteiger partial charge in [0.05, 0.1) is 17.2 Å². The molecule has 0 bridgehead atoms. The summed E-state index contributed by atoms with van der Waals surface area (Å²) in [5.74, 6) is -0.818. The molecule has 6 nitrogen and oxygen atoms in total. The predicted octanol–water partition coefficient (Wildman–Crippen LogP) is 6.26. The number of amides is 1. The van der Waals surface area contributed by atoms with Crippen LogP contribution in [0.4, 0.5) is 8.78 Å². The van der Waals surface area contributed by atoms with E-state index in [1.54, 1.807) is 11.0 Å². The molecule has 0 fully saturated rings. The monoisotopic (exact) mass is 526 g/mol. The van der Waals surface area contributed by atoms with Crippen LogP contribution in [-0.2, 0) is 4.79 Å². The largest absolute Gasteiger partial charge is 0.331 e. The molecular formula is C30H40F2N4O2. The fourth-order valence-electron chi connectivity index (χ4n) is 4.69. The average Bonchev–Trinajstić information content (AvgIpc) is 2.88. The number of carbonyl (C=O) groups is 1. The number of rotatable bonds is 14. The Labute approximate surface area is 224 Å². The standard InChI is InChI=1S/C30H40F2N4O2/c1-5-6-7-8-9-10-11-15-27(37)35(21-20-34(3)4)22(2)29-33-26-14-12-13-25(32)28(26)30(38)36(29)24-18-16-23(31)17-19-24/h12-14,16-19,22H,5-11,15,20-21H2,1-4H3. The Bertz CT molecular complexity index is 1260. The van der Waals surface area contributed by atoms with Gasteiger partial charge in [0, 0.05) is 19.5 Å². The zero-order valence-electron chi connectivity index (χ0n) is 23.1. The quantitative estimate of drug-likeness (QED) is 0.233. The second kappa shape index (κ2) is 14.1. The fraction of sp³-hybridized carbons (Fsp3) is 0.500. The highest BCUT2D eigenvalue weighted by Gasteiger charge is 2.27. The van der Waals surface area contributed by atoms with Crippen LogP contribution in [0.25, 0.3) is 16.6 Å². The minimum absolute atomic E-state index is 0.00727. The summed E-state index contributed by atoms with van der Waals surface area (Å²) in [6.45, 7) is 5.12. The van der Waals surface area contributed by atoms with E-state index in [1.807, 2.05) is 25.9 Å². The van der Waals surface area contributed by atoms with Crippen LogP contribution in [0.15, 0.2) is 47.3 Å². The zero-order valence-corrected chi connectivity index (χ0v) is 23.1. The van der Waals surface area contributed by atoms with E-state index in [0.29, 0.717) is 31.0 Å². The molecule has 0 saturated heterocycles. The molecule has 1 unspecified atom stereocenters. The van der Waals surface area contributed by atoms with Gasteiger partial charge in [0.2, 0.25) is 5.91 Å². The first-order valence-corrected chi connectivity index (χ1v) is 13.7. The molecule has 0 aliphatic heterocycles. The number of benzene rings is 2. The second-order valence-electron chi connectivity index (χ2n) is 10.2. The maximum Gasteiger partial charge on any atom is 0.269 e. The van der Waals surface area contributed by atoms with Crippen LogP contribution in [0.5, 0.6) is 0 Å². The van der Waals surface area contributed by atoms with Crippen LogP contribution < -0.4 is 5.56 Å². The number of likely N-dealkylation sites (N-methyl/N-ethyl adjacent to an activating group) is 1. The highest BCUT2D eigenvalue weighted by Crippen LogP contribution is 2.25. The highest BCUT2D eigenvalue weighted by molar-refractivity contribution is 5.79. The Morgan fingerprint density at radius 3 is 2.26 bits per heavy atom. The van der Waals surface area contributed by atoms with Gasteiger partial charge in [0.25, 0.3) is 5.56 Å². The van der Waals surface area contributed by atoms with Crippen molar-refractivity contribution in [2.45, 2.75) is 71.3 Å². The number of carbonyl (C=O) groups excluding carboxylic acids is 1. The first-order chi connectivity index (χ1) is 18.2. The Morgan fingerprint density at radius 1 is 0.947 bits per heavy atom. The van der Waals surface area contributed by atoms with E-state index in [0.717, 1.165) is 19.3 Å². The molecule has 1 heterocycles. The van der Waals surface area contributed by atoms with Crippen molar-refractivity contribution >= 4 is 16.8 Å². The predicted molar refractivity (Wildman–Crippen MR) is 149 cm³/mol. The minimum Gasteiger partial charge on any atom is -0.331 e. The van der Waals surface area contributed by atoms with Crippen molar-refractivity contribution in [1.82, 2.24) is 19.4 Å². The summed E-state index contributed by atoms with van der Waals surface area (Å²) in [6, 6.07) is 9.17. The molecule has 1 atom stereocenters. The Morgan fingerprint density at radius 2 is 1.61 bits per heavy atom. The molecule has 0 saturated carbocycles. The van der Waals surface area contributed by atoms with Crippen LogP contribution >= 0.6 is 0 Å². The van der Waals surface area contributed by atoms with E-state index < -0.39 is 23.2 Å². The summed E-state index contributed by atoms with van der Waals surface area (Å²) in [4.78, 5) is 35.5. The Kier molecular flexibility index (Phi) is 11.0. The summed E-state index contributed by atoms with van der Waals surface area (Å²) in [7, 11) is 3.88. The number of aromatic nitrogens is 2. The normalized spacial score (nSPS) is 12.3. The van der Waals surface area contributed by atoms with Crippen molar-refractivity contribution in [3.05, 3.63) is 70.3 Å². The van der Waals surface area contributed by atoms with E-state index in [-0.39, 0.29) is 16.8 Å². The van der Waals surface area contributed by atoms with Gasteiger partial charge in [-0.1, -0.05) is 51.5 Å². The van der Waals surface area contributed by atoms with Crippen LogP contribution in [0.1, 0.15) is 77.1 Å². The van der Waals surface area contributed by atoms with Gasteiger partial charge in [-0.2, -0.15) is 0 Å². The van der Waals surface area contributed by atoms with Crippen molar-refractivity contribution in [1.29, 1.82) is 0 Å². The van der Waals surface area contributed by atoms with Gasteiger partial charge in [-0.05, 0) is 63.8 Å². The van der Waals surface area contributed by atoms with Crippen molar-refractivity contribution in [3.63, 3.8) is 0 Å². The van der Waals surface area contributed by atoms with Gasteiger partial charge in [0.1, 0.15) is 22.8 Å². The number of unbranched alkanes of at least 4 members (excludes halogenated alkanes) is 6. The van der Waals surface area contributed by atoms with Gasteiger partial charge < -0.3 is 9.80 Å². The molecule has 3 rings (SSSR count). The van der Waals surface area contributed by atoms with Crippen LogP contribution in [0.2, 0.25) is 0 Å². The molecule has 206 valence electrons. The third kappa shape index (κ3) is 7.47. The Hall–Kier alpha value is -3.13. The maximum atomic E-state index is 14.7. The van der Waals surface area contributed by atoms with Crippen molar-refractivity contribution in [2.24, 2.45) is 0 Å². The van der Waals surface area contributed by atoms with E-state index in [9.17, 15) is 18.4 Å². The first kappa shape index (κ1) is 29.4. The van der Waals surface area contributed by atoms with Crippen molar-refractivity contribution in [2.75, 3.05) is 27.2 Å². The lowest BCUT2D eigenvalue weighted by Gasteiger charge is -2.31. The number of hydrogen-bond donors (Lipinski definition) is 0. The number of nitrogens with zero attached hydrogens (tertiary/aromatic N) is 4. The molecule has 0 spiro atoms. The first-order valence-electron chi connectivity index (χ1n) is 13.7. The van der Waals surface area contributed by atoms with Crippen LogP contribution in [0, 0.1) is 11.6 Å². The molecule has 0 N–H and O–H groups in total. The van der Waals surface area contributed by atoms with Gasteiger partial charge in [-0.25, -0.2) is 13.8 Å². The molecule has 8 heteroatoms. The van der Waals surface area contributed by atoms with Gasteiger partial charge in [-0.3, -0.25) is 14.2 Å². The highest BCUT2D eigenvalue weighted by atomic mass is 19.1. The number of hydrogen-bond acceptors (Lipinski definition) is 4. The Balaban J connectivity index is 1.97. The van der Waals surface area contributed by atoms with Gasteiger partial charge in [0.15, 0.2) is 0 Å². The molecule has 1 amide bonds. The molecule has 0 radical (unpaired) electrons. The molecule has 0 aliphatic rings. The van der Waals surface area contributed by atoms with E-state index in [2.05, 4.69) is 11.9 Å². The summed E-state index contributed by atoms with van der Waals surface area (Å²) >= 11 is 0. The molecule has 1 aromatic heterocycles. The smallest absolute Gasteiger partial charge is 0.269 e. The third-order valence-electron chi connectivity index (χ3n) is 6.90. The van der Waals surface area contributed by atoms with Gasteiger partial charge >= 0.3 is 0 Å². The summed E-state index contributed by atoms with van der Waals surface area (Å²) in [5, 5.41) is -0.137. The summed E-state index contributed by atoms with van der Waals surface area (Å²) < 4.78 is 29.7. The molecule has 38 heavy (non-hydrogen) atoms. The van der Waals surface area contributed by atoms with Crippen molar-refractivity contribution in [3.8, 4) is 5.69 Å². The minimum atomic E-state index is -0.672. The van der Waals surface area contributed by atoms with E-state index in [1.165, 1.54) is 66.6 Å². The van der Waals surface area contributed by atoms with Gasteiger partial charge in [-0.15, -0.1) is 0 Å². The van der Waals surface area contributed by atoms with Crippen LogP contribution in [0.3, 0.4) is 0 Å². The number of fused-ring (bicyclic) bond motifs is 1. The van der Waals surface area contributed by atoms with Crippen molar-refractivity contribution < 1.29 is 13.6 Å². The average molecular weight is 527 g/mol. The van der Waals surface area contributed by atoms with E-state index in [4.69, 9.17) is 0 Å². The zero-order chi connectivity index (χ0) is 27.7. The topological polar surface area (TPSA) is 58.4 Å². The molecular weight excluding hydrogens is 486 g/mol. The van der Waals surface area contributed by atoms with Crippen LogP contribution in [-0.4, -0.2) is 52.4 Å². The molecule has 2 aromatic carbocycles. The lowest BCUT2D eigenvalue weighted by molar-refractivity contribution is -0.133. The molecule has 3 aromatic rings. The second-order valence-corrected chi connectivity index (χ2v) is 10.2. The fourth-order valence-corrected chi connectivity index (χ4v) is 4.69. The lowest BCUT2D eigenvalue weighted by atomic mass is 10.1. The third-order valence-corrected chi connectivity index (χ3v) is 6.90.